The van der Waals surface area contributed by atoms with Gasteiger partial charge in [-0.05, 0) is 26.3 Å². The summed E-state index contributed by atoms with van der Waals surface area (Å²) < 4.78 is 5.51. The number of hydrogen-bond acceptors (Lipinski definition) is 5. The standard InChI is InChI=1S/C18H25NO5/c1-17(2,3)24-16(22)18(15(21)19(4)23-5)13(11-20)14(18)12-9-7-6-8-10-12/h6-10,13-14,20H,11H2,1-5H3/t13?,14-,18?/m0/s1. The van der Waals surface area contributed by atoms with Crippen molar-refractivity contribution in [2.24, 2.45) is 11.3 Å². The predicted molar refractivity (Wildman–Crippen MR) is 87.8 cm³/mol. The maximum absolute atomic E-state index is 12.9. The number of hydroxylamine groups is 2. The average Bonchev–Trinajstić information content (AvgIpc) is 3.22. The monoisotopic (exact) mass is 335 g/mol. The van der Waals surface area contributed by atoms with Gasteiger partial charge >= 0.3 is 5.97 Å². The summed E-state index contributed by atoms with van der Waals surface area (Å²) in [6, 6.07) is 9.23. The van der Waals surface area contributed by atoms with Crippen LogP contribution in [0.3, 0.4) is 0 Å². The number of esters is 1. The first-order valence-electron chi connectivity index (χ1n) is 7.91. The Morgan fingerprint density at radius 2 is 1.83 bits per heavy atom. The molecule has 2 unspecified atom stereocenters. The zero-order valence-electron chi connectivity index (χ0n) is 14.8. The summed E-state index contributed by atoms with van der Waals surface area (Å²) in [5, 5.41) is 10.8. The Hall–Kier alpha value is -1.92. The number of benzene rings is 1. The van der Waals surface area contributed by atoms with Crippen LogP contribution >= 0.6 is 0 Å². The van der Waals surface area contributed by atoms with E-state index in [1.807, 2.05) is 30.3 Å². The molecule has 24 heavy (non-hydrogen) atoms. The van der Waals surface area contributed by atoms with Gasteiger partial charge in [-0.25, -0.2) is 5.06 Å². The molecule has 1 fully saturated rings. The number of ether oxygens (including phenoxy) is 1. The Kier molecular flexibility index (Phi) is 5.01. The SMILES string of the molecule is CON(C)C(=O)C1(C(=O)OC(C)(C)C)C(CO)[C@@H]1c1ccccc1. The fraction of sp³-hybridized carbons (Fsp3) is 0.556. The number of aliphatic hydroxyl groups is 1. The number of aliphatic hydroxyl groups excluding tert-OH is 1. The van der Waals surface area contributed by atoms with E-state index in [0.29, 0.717) is 0 Å². The molecule has 0 saturated heterocycles. The molecule has 1 aliphatic rings. The highest BCUT2D eigenvalue weighted by Crippen LogP contribution is 2.66. The zero-order chi connectivity index (χ0) is 18.1. The van der Waals surface area contributed by atoms with Gasteiger partial charge < -0.3 is 9.84 Å². The second kappa shape index (κ2) is 6.53. The molecular formula is C18H25NO5. The number of nitrogens with zero attached hydrogens (tertiary/aromatic N) is 1. The molecule has 6 nitrogen and oxygen atoms in total. The Balaban J connectivity index is 2.48. The zero-order valence-corrected chi connectivity index (χ0v) is 14.8. The molecule has 1 saturated carbocycles. The van der Waals surface area contributed by atoms with Crippen LogP contribution < -0.4 is 0 Å². The lowest BCUT2D eigenvalue weighted by Gasteiger charge is -2.26. The van der Waals surface area contributed by atoms with E-state index in [9.17, 15) is 14.7 Å². The van der Waals surface area contributed by atoms with Crippen LogP contribution in [0, 0.1) is 11.3 Å². The van der Waals surface area contributed by atoms with Gasteiger partial charge in [-0.1, -0.05) is 30.3 Å². The highest BCUT2D eigenvalue weighted by molar-refractivity contribution is 6.08. The molecule has 1 aromatic carbocycles. The predicted octanol–water partition coefficient (Wildman–Crippen LogP) is 1.74. The Bertz CT molecular complexity index is 610. The summed E-state index contributed by atoms with van der Waals surface area (Å²) in [6.07, 6.45) is 0. The van der Waals surface area contributed by atoms with Crippen LogP contribution in [-0.2, 0) is 19.2 Å². The van der Waals surface area contributed by atoms with Crippen LogP contribution in [0.5, 0.6) is 0 Å². The molecule has 6 heteroatoms. The van der Waals surface area contributed by atoms with Crippen LogP contribution in [0.1, 0.15) is 32.3 Å². The van der Waals surface area contributed by atoms with E-state index in [2.05, 4.69) is 0 Å². The molecule has 0 aromatic heterocycles. The Labute approximate surface area is 142 Å². The summed E-state index contributed by atoms with van der Waals surface area (Å²) in [5.41, 5.74) is -1.38. The van der Waals surface area contributed by atoms with Gasteiger partial charge in [0.05, 0.1) is 7.11 Å². The minimum absolute atomic E-state index is 0.290. The highest BCUT2D eigenvalue weighted by atomic mass is 16.7. The molecule has 0 radical (unpaired) electrons. The molecule has 1 N–H and O–H groups in total. The first-order valence-corrected chi connectivity index (χ1v) is 7.91. The minimum Gasteiger partial charge on any atom is -0.459 e. The van der Waals surface area contributed by atoms with Gasteiger partial charge in [0.1, 0.15) is 5.60 Å². The maximum atomic E-state index is 12.9. The first-order chi connectivity index (χ1) is 11.2. The van der Waals surface area contributed by atoms with Crippen molar-refractivity contribution in [1.82, 2.24) is 5.06 Å². The molecular weight excluding hydrogens is 310 g/mol. The molecule has 1 aliphatic carbocycles. The van der Waals surface area contributed by atoms with E-state index >= 15 is 0 Å². The van der Waals surface area contributed by atoms with E-state index in [4.69, 9.17) is 9.57 Å². The smallest absolute Gasteiger partial charge is 0.323 e. The molecule has 0 heterocycles. The fourth-order valence-corrected chi connectivity index (χ4v) is 3.23. The molecule has 1 aromatic rings. The van der Waals surface area contributed by atoms with Crippen molar-refractivity contribution in [1.29, 1.82) is 0 Å². The van der Waals surface area contributed by atoms with Crippen molar-refractivity contribution in [3.63, 3.8) is 0 Å². The molecule has 2 rings (SSSR count). The van der Waals surface area contributed by atoms with Crippen molar-refractivity contribution in [3.05, 3.63) is 35.9 Å². The van der Waals surface area contributed by atoms with Gasteiger partial charge in [0.15, 0.2) is 5.41 Å². The van der Waals surface area contributed by atoms with Gasteiger partial charge in [-0.3, -0.25) is 14.4 Å². The lowest BCUT2D eigenvalue weighted by atomic mass is 9.97. The Morgan fingerprint density at radius 3 is 2.29 bits per heavy atom. The van der Waals surface area contributed by atoms with E-state index in [1.54, 1.807) is 20.8 Å². The van der Waals surface area contributed by atoms with Crippen LogP contribution in [0.25, 0.3) is 0 Å². The number of rotatable bonds is 5. The molecule has 0 spiro atoms. The third-order valence-electron chi connectivity index (χ3n) is 4.37. The highest BCUT2D eigenvalue weighted by Gasteiger charge is 2.76. The van der Waals surface area contributed by atoms with E-state index in [1.165, 1.54) is 14.2 Å². The molecule has 132 valence electrons. The third-order valence-corrected chi connectivity index (χ3v) is 4.37. The lowest BCUT2D eigenvalue weighted by Crippen LogP contribution is -2.43. The lowest BCUT2D eigenvalue weighted by molar-refractivity contribution is -0.186. The van der Waals surface area contributed by atoms with Gasteiger partial charge in [-0.15, -0.1) is 0 Å². The summed E-state index contributed by atoms with van der Waals surface area (Å²) in [6.45, 7) is 4.95. The average molecular weight is 335 g/mol. The van der Waals surface area contributed by atoms with Gasteiger partial charge in [-0.2, -0.15) is 0 Å². The van der Waals surface area contributed by atoms with Crippen molar-refractivity contribution in [3.8, 4) is 0 Å². The molecule has 3 atom stereocenters. The van der Waals surface area contributed by atoms with Crippen molar-refractivity contribution in [2.45, 2.75) is 32.3 Å². The summed E-state index contributed by atoms with van der Waals surface area (Å²) in [5.74, 6) is -2.12. The van der Waals surface area contributed by atoms with Crippen molar-refractivity contribution in [2.75, 3.05) is 20.8 Å². The fourth-order valence-electron chi connectivity index (χ4n) is 3.23. The number of hydrogen-bond donors (Lipinski definition) is 1. The normalized spacial score (nSPS) is 25.9. The van der Waals surface area contributed by atoms with E-state index in [0.717, 1.165) is 10.6 Å². The van der Waals surface area contributed by atoms with E-state index < -0.39 is 34.7 Å². The number of carbonyl (C=O) groups excluding carboxylic acids is 2. The van der Waals surface area contributed by atoms with Gasteiger partial charge in [0.2, 0.25) is 0 Å². The minimum atomic E-state index is -1.46. The van der Waals surface area contributed by atoms with Crippen molar-refractivity contribution >= 4 is 11.9 Å². The van der Waals surface area contributed by atoms with Crippen LogP contribution in [-0.4, -0.2) is 48.4 Å². The number of carbonyl (C=O) groups is 2. The first kappa shape index (κ1) is 18.4. The second-order valence-corrected chi connectivity index (χ2v) is 7.03. The topological polar surface area (TPSA) is 76.1 Å². The number of amides is 1. The van der Waals surface area contributed by atoms with Gasteiger partial charge in [0.25, 0.3) is 5.91 Å². The van der Waals surface area contributed by atoms with Crippen LogP contribution in [0.2, 0.25) is 0 Å². The van der Waals surface area contributed by atoms with Crippen LogP contribution in [0.4, 0.5) is 0 Å². The molecule has 0 aliphatic heterocycles. The quantitative estimate of drug-likeness (QED) is 0.504. The van der Waals surface area contributed by atoms with Gasteiger partial charge in [0, 0.05) is 25.5 Å². The summed E-state index contributed by atoms with van der Waals surface area (Å²) in [4.78, 5) is 30.8. The summed E-state index contributed by atoms with van der Waals surface area (Å²) in [7, 11) is 2.80. The third kappa shape index (κ3) is 3.03. The van der Waals surface area contributed by atoms with E-state index in [-0.39, 0.29) is 6.61 Å². The largest absolute Gasteiger partial charge is 0.459 e. The van der Waals surface area contributed by atoms with Crippen molar-refractivity contribution < 1.29 is 24.3 Å². The Morgan fingerprint density at radius 1 is 1.25 bits per heavy atom. The van der Waals surface area contributed by atoms with Crippen LogP contribution in [0.15, 0.2) is 30.3 Å². The molecule has 1 amide bonds. The summed E-state index contributed by atoms with van der Waals surface area (Å²) >= 11 is 0. The maximum Gasteiger partial charge on any atom is 0.323 e. The molecule has 0 bridgehead atoms. The second-order valence-electron chi connectivity index (χ2n) is 7.03.